The first-order valence-electron chi connectivity index (χ1n) is 9.89. The summed E-state index contributed by atoms with van der Waals surface area (Å²) in [5.41, 5.74) is 3.41. The molecule has 1 amide bonds. The first-order valence-corrected chi connectivity index (χ1v) is 11.5. The number of sulfonamides is 1. The van der Waals surface area contributed by atoms with Crippen LogP contribution in [-0.4, -0.2) is 34.8 Å². The Kier molecular flexibility index (Phi) is 6.12. The average molecular weight is 430 g/mol. The SMILES string of the molecule is CCCS(=O)(=O)Nc1cccc(NC(=O)c2cc3cnn(C(C)C)c3nc2C)c1C. The predicted molar refractivity (Wildman–Crippen MR) is 119 cm³/mol. The van der Waals surface area contributed by atoms with Gasteiger partial charge in [-0.15, -0.1) is 0 Å². The van der Waals surface area contributed by atoms with E-state index >= 15 is 0 Å². The zero-order valence-corrected chi connectivity index (χ0v) is 18.7. The molecule has 160 valence electrons. The van der Waals surface area contributed by atoms with Crippen molar-refractivity contribution in [1.29, 1.82) is 0 Å². The van der Waals surface area contributed by atoms with Gasteiger partial charge in [-0.25, -0.2) is 18.1 Å². The molecule has 2 aromatic heterocycles. The molecule has 30 heavy (non-hydrogen) atoms. The summed E-state index contributed by atoms with van der Waals surface area (Å²) in [6.07, 6.45) is 2.22. The molecule has 0 saturated heterocycles. The van der Waals surface area contributed by atoms with Gasteiger partial charge in [0.25, 0.3) is 5.91 Å². The van der Waals surface area contributed by atoms with Crippen LogP contribution < -0.4 is 10.0 Å². The van der Waals surface area contributed by atoms with Crippen LogP contribution in [0.25, 0.3) is 11.0 Å². The third-order valence-electron chi connectivity index (χ3n) is 4.81. The lowest BCUT2D eigenvalue weighted by Gasteiger charge is -2.15. The molecule has 0 radical (unpaired) electrons. The van der Waals surface area contributed by atoms with Crippen LogP contribution in [0, 0.1) is 13.8 Å². The van der Waals surface area contributed by atoms with Gasteiger partial charge in [0.05, 0.1) is 28.9 Å². The van der Waals surface area contributed by atoms with Crippen molar-refractivity contribution in [2.75, 3.05) is 15.8 Å². The van der Waals surface area contributed by atoms with Crippen molar-refractivity contribution in [3.63, 3.8) is 0 Å². The number of amides is 1. The molecule has 0 spiro atoms. The number of aryl methyl sites for hydroxylation is 1. The van der Waals surface area contributed by atoms with Gasteiger partial charge in [-0.2, -0.15) is 5.10 Å². The second-order valence-electron chi connectivity index (χ2n) is 7.57. The predicted octanol–water partition coefficient (Wildman–Crippen LogP) is 4.03. The molecule has 0 aliphatic heterocycles. The van der Waals surface area contributed by atoms with E-state index in [1.165, 1.54) is 0 Å². The van der Waals surface area contributed by atoms with Gasteiger partial charge in [0.2, 0.25) is 10.0 Å². The van der Waals surface area contributed by atoms with Crippen LogP contribution in [0.15, 0.2) is 30.5 Å². The van der Waals surface area contributed by atoms with E-state index in [2.05, 4.69) is 20.1 Å². The number of carbonyl (C=O) groups excluding carboxylic acids is 1. The smallest absolute Gasteiger partial charge is 0.257 e. The van der Waals surface area contributed by atoms with Crippen LogP contribution in [-0.2, 0) is 10.0 Å². The number of hydrogen-bond acceptors (Lipinski definition) is 5. The zero-order valence-electron chi connectivity index (χ0n) is 17.9. The Hall–Kier alpha value is -2.94. The molecule has 0 unspecified atom stereocenters. The molecular weight excluding hydrogens is 402 g/mol. The van der Waals surface area contributed by atoms with Crippen LogP contribution >= 0.6 is 0 Å². The first-order chi connectivity index (χ1) is 14.1. The van der Waals surface area contributed by atoms with Crippen LogP contribution in [0.5, 0.6) is 0 Å². The van der Waals surface area contributed by atoms with Crippen LogP contribution in [0.1, 0.15) is 54.8 Å². The van der Waals surface area contributed by atoms with E-state index in [1.807, 2.05) is 18.5 Å². The second kappa shape index (κ2) is 8.43. The van der Waals surface area contributed by atoms with Gasteiger partial charge in [-0.1, -0.05) is 13.0 Å². The highest BCUT2D eigenvalue weighted by Gasteiger charge is 2.17. The lowest BCUT2D eigenvalue weighted by molar-refractivity contribution is 0.102. The molecule has 8 nitrogen and oxygen atoms in total. The highest BCUT2D eigenvalue weighted by molar-refractivity contribution is 7.92. The van der Waals surface area contributed by atoms with E-state index in [0.717, 1.165) is 11.0 Å². The summed E-state index contributed by atoms with van der Waals surface area (Å²) in [4.78, 5) is 17.5. The third-order valence-corrected chi connectivity index (χ3v) is 6.29. The maximum atomic E-state index is 13.0. The van der Waals surface area contributed by atoms with Gasteiger partial charge in [0.1, 0.15) is 0 Å². The third kappa shape index (κ3) is 4.46. The fourth-order valence-corrected chi connectivity index (χ4v) is 4.43. The van der Waals surface area contributed by atoms with Gasteiger partial charge in [-0.3, -0.25) is 9.52 Å². The molecule has 0 aliphatic carbocycles. The number of anilines is 2. The quantitative estimate of drug-likeness (QED) is 0.590. The largest absolute Gasteiger partial charge is 0.322 e. The topological polar surface area (TPSA) is 106 Å². The number of benzene rings is 1. The maximum absolute atomic E-state index is 13.0. The number of nitrogens with zero attached hydrogens (tertiary/aromatic N) is 3. The minimum absolute atomic E-state index is 0.0396. The zero-order chi connectivity index (χ0) is 22.1. The standard InChI is InChI=1S/C21H27N5O3S/c1-6-10-30(28,29)25-19-9-7-8-18(14(19)4)24-21(27)17-11-16-12-22-26(13(2)3)20(16)23-15(17)5/h7-9,11-13,25H,6,10H2,1-5H3,(H,24,27). The van der Waals surface area contributed by atoms with Gasteiger partial charge in [0, 0.05) is 17.1 Å². The summed E-state index contributed by atoms with van der Waals surface area (Å²) in [6.45, 7) is 9.40. The summed E-state index contributed by atoms with van der Waals surface area (Å²) in [5, 5.41) is 8.02. The number of rotatable bonds is 7. The molecule has 0 atom stereocenters. The summed E-state index contributed by atoms with van der Waals surface area (Å²) in [6, 6.07) is 7.06. The van der Waals surface area contributed by atoms with E-state index < -0.39 is 10.0 Å². The second-order valence-corrected chi connectivity index (χ2v) is 9.41. The molecule has 2 N–H and O–H groups in total. The van der Waals surface area contributed by atoms with Crippen molar-refractivity contribution in [1.82, 2.24) is 14.8 Å². The lowest BCUT2D eigenvalue weighted by Crippen LogP contribution is -2.18. The number of fused-ring (bicyclic) bond motifs is 1. The molecule has 9 heteroatoms. The van der Waals surface area contributed by atoms with Crippen LogP contribution in [0.3, 0.4) is 0 Å². The number of nitrogens with one attached hydrogen (secondary N) is 2. The Balaban J connectivity index is 1.89. The Labute approximate surface area is 176 Å². The first kappa shape index (κ1) is 21.8. The fraction of sp³-hybridized carbons (Fsp3) is 0.381. The Morgan fingerprint density at radius 1 is 1.20 bits per heavy atom. The van der Waals surface area contributed by atoms with Gasteiger partial charge < -0.3 is 5.32 Å². The van der Waals surface area contributed by atoms with Gasteiger partial charge in [0.15, 0.2) is 5.65 Å². The van der Waals surface area contributed by atoms with Crippen molar-refractivity contribution in [2.24, 2.45) is 0 Å². The molecule has 3 aromatic rings. The normalized spacial score (nSPS) is 11.8. The highest BCUT2D eigenvalue weighted by atomic mass is 32.2. The van der Waals surface area contributed by atoms with Gasteiger partial charge >= 0.3 is 0 Å². The number of pyridine rings is 1. The molecule has 0 saturated carbocycles. The number of aromatic nitrogens is 3. The molecule has 0 aliphatic rings. The Morgan fingerprint density at radius 2 is 1.90 bits per heavy atom. The van der Waals surface area contributed by atoms with Crippen molar-refractivity contribution >= 4 is 38.3 Å². The molecule has 0 fully saturated rings. The summed E-state index contributed by atoms with van der Waals surface area (Å²) in [7, 11) is -3.42. The van der Waals surface area contributed by atoms with Crippen LogP contribution in [0.2, 0.25) is 0 Å². The van der Waals surface area contributed by atoms with E-state index in [1.54, 1.807) is 51.2 Å². The maximum Gasteiger partial charge on any atom is 0.257 e. The van der Waals surface area contributed by atoms with Crippen molar-refractivity contribution < 1.29 is 13.2 Å². The minimum atomic E-state index is -3.42. The molecular formula is C21H27N5O3S. The Bertz CT molecular complexity index is 1200. The number of carbonyl (C=O) groups is 1. The monoisotopic (exact) mass is 429 g/mol. The Morgan fingerprint density at radius 3 is 2.57 bits per heavy atom. The van der Waals surface area contributed by atoms with Gasteiger partial charge in [-0.05, 0) is 57.9 Å². The van der Waals surface area contributed by atoms with E-state index in [-0.39, 0.29) is 17.7 Å². The van der Waals surface area contributed by atoms with Crippen molar-refractivity contribution in [3.8, 4) is 0 Å². The lowest BCUT2D eigenvalue weighted by atomic mass is 10.1. The summed E-state index contributed by atoms with van der Waals surface area (Å²) in [5.74, 6) is -0.270. The fourth-order valence-electron chi connectivity index (χ4n) is 3.23. The van der Waals surface area contributed by atoms with Crippen LogP contribution in [0.4, 0.5) is 11.4 Å². The molecule has 1 aromatic carbocycles. The molecule has 0 bridgehead atoms. The van der Waals surface area contributed by atoms with E-state index in [0.29, 0.717) is 34.6 Å². The number of hydrogen-bond donors (Lipinski definition) is 2. The molecule has 3 rings (SSSR count). The van der Waals surface area contributed by atoms with E-state index in [9.17, 15) is 13.2 Å². The van der Waals surface area contributed by atoms with E-state index in [4.69, 9.17) is 0 Å². The summed E-state index contributed by atoms with van der Waals surface area (Å²) < 4.78 is 28.6. The molecule has 2 heterocycles. The van der Waals surface area contributed by atoms with Crippen molar-refractivity contribution in [3.05, 3.63) is 47.3 Å². The van der Waals surface area contributed by atoms with Crippen molar-refractivity contribution in [2.45, 2.75) is 47.1 Å². The highest BCUT2D eigenvalue weighted by Crippen LogP contribution is 2.26. The minimum Gasteiger partial charge on any atom is -0.322 e. The average Bonchev–Trinajstić information content (AvgIpc) is 3.07. The summed E-state index contributed by atoms with van der Waals surface area (Å²) >= 11 is 0.